The predicted octanol–water partition coefficient (Wildman–Crippen LogP) is 7.35. The third-order valence-corrected chi connectivity index (χ3v) is 9.00. The summed E-state index contributed by atoms with van der Waals surface area (Å²) in [5.74, 6) is -0.256. The Bertz CT molecular complexity index is 1130. The summed E-state index contributed by atoms with van der Waals surface area (Å²) in [6.07, 6.45) is -2.79. The van der Waals surface area contributed by atoms with Gasteiger partial charge in [0, 0.05) is 0 Å². The molecule has 0 heterocycles. The fourth-order valence-corrected chi connectivity index (χ4v) is 7.19. The van der Waals surface area contributed by atoms with Crippen molar-refractivity contribution in [2.75, 3.05) is 6.61 Å². The molecule has 0 spiro atoms. The highest BCUT2D eigenvalue weighted by atomic mass is 31.2. The number of alkyl halides is 3. The van der Waals surface area contributed by atoms with E-state index in [1.54, 1.807) is 6.07 Å². The summed E-state index contributed by atoms with van der Waals surface area (Å²) in [4.78, 5) is 30.7. The molecular formula is C29H45F3NO7P. The molecule has 8 nitrogen and oxygen atoms in total. The van der Waals surface area contributed by atoms with Gasteiger partial charge in [0.1, 0.15) is 11.3 Å². The van der Waals surface area contributed by atoms with Gasteiger partial charge in [-0.3, -0.25) is 4.52 Å². The molecular weight excluding hydrogens is 562 g/mol. The summed E-state index contributed by atoms with van der Waals surface area (Å²) in [6, 6.07) is 2.97. The minimum atomic E-state index is -4.95. The normalized spacial score (nSPS) is 23.8. The molecule has 234 valence electrons. The fourth-order valence-electron chi connectivity index (χ4n) is 6.79. The van der Waals surface area contributed by atoms with Crippen LogP contribution in [0.2, 0.25) is 0 Å². The van der Waals surface area contributed by atoms with Crippen LogP contribution < -0.4 is 10.1 Å². The lowest BCUT2D eigenvalue weighted by atomic mass is 9.66. The highest BCUT2D eigenvalue weighted by Crippen LogP contribution is 2.48. The summed E-state index contributed by atoms with van der Waals surface area (Å²) < 4.78 is 66.0. The standard InChI is InChI=1S/C29H45F3NO7P/c1-26(2,3)16-28(33-25(34)35,17-39-41(36,37)38)20-10-13-22-18(15-20)7-14-23(24(22)29(30,31)32)40-21-11-8-19(9-12-21)27(4,5)6/h7,14,19-21,33H,8-13,15-17H2,1-6H3,(H,34,35)(H2,36,37,38)/t19?,20-,21?,28-/m0/s1. The number of carboxylic acid groups (broad SMARTS) is 1. The first-order chi connectivity index (χ1) is 18.6. The summed E-state index contributed by atoms with van der Waals surface area (Å²) in [7, 11) is -4.95. The van der Waals surface area contributed by atoms with Crippen molar-refractivity contribution in [3.05, 3.63) is 28.8 Å². The smallest absolute Gasteiger partial charge is 0.469 e. The first-order valence-corrected chi connectivity index (χ1v) is 15.7. The Labute approximate surface area is 240 Å². The highest BCUT2D eigenvalue weighted by Gasteiger charge is 2.48. The molecule has 12 heteroatoms. The molecule has 0 saturated heterocycles. The second-order valence-electron chi connectivity index (χ2n) is 14.1. The van der Waals surface area contributed by atoms with Gasteiger partial charge in [0.05, 0.1) is 18.2 Å². The number of halogens is 3. The van der Waals surface area contributed by atoms with Crippen LogP contribution in [0.15, 0.2) is 12.1 Å². The van der Waals surface area contributed by atoms with Crippen molar-refractivity contribution in [2.24, 2.45) is 22.7 Å². The van der Waals surface area contributed by atoms with Crippen LogP contribution in [0.4, 0.5) is 18.0 Å². The van der Waals surface area contributed by atoms with Gasteiger partial charge in [-0.25, -0.2) is 9.36 Å². The number of benzene rings is 1. The molecule has 41 heavy (non-hydrogen) atoms. The van der Waals surface area contributed by atoms with Crippen molar-refractivity contribution in [1.82, 2.24) is 5.32 Å². The maximum absolute atomic E-state index is 14.5. The second kappa shape index (κ2) is 12.1. The molecule has 1 fully saturated rings. The average Bonchev–Trinajstić information content (AvgIpc) is 2.79. The van der Waals surface area contributed by atoms with Gasteiger partial charge in [-0.05, 0) is 91.2 Å². The van der Waals surface area contributed by atoms with Crippen LogP contribution >= 0.6 is 7.82 Å². The number of phosphoric ester groups is 1. The minimum absolute atomic E-state index is 0.00586. The quantitative estimate of drug-likeness (QED) is 0.228. The van der Waals surface area contributed by atoms with Crippen molar-refractivity contribution in [2.45, 2.75) is 111 Å². The lowest BCUT2D eigenvalue weighted by molar-refractivity contribution is -0.140. The van der Waals surface area contributed by atoms with Gasteiger partial charge in [0.15, 0.2) is 0 Å². The molecule has 0 radical (unpaired) electrons. The molecule has 1 aromatic rings. The van der Waals surface area contributed by atoms with Crippen LogP contribution in [-0.4, -0.2) is 39.2 Å². The molecule has 3 rings (SSSR count). The van der Waals surface area contributed by atoms with E-state index in [4.69, 9.17) is 9.26 Å². The van der Waals surface area contributed by atoms with Gasteiger partial charge in [-0.2, -0.15) is 13.2 Å². The van der Waals surface area contributed by atoms with E-state index in [1.165, 1.54) is 6.07 Å². The molecule has 0 bridgehead atoms. The molecule has 0 aliphatic heterocycles. The van der Waals surface area contributed by atoms with Gasteiger partial charge >= 0.3 is 20.1 Å². The average molecular weight is 608 g/mol. The van der Waals surface area contributed by atoms with Gasteiger partial charge < -0.3 is 24.9 Å². The van der Waals surface area contributed by atoms with Crippen LogP contribution in [-0.2, 0) is 28.1 Å². The molecule has 0 unspecified atom stereocenters. The van der Waals surface area contributed by atoms with Gasteiger partial charge in [0.2, 0.25) is 0 Å². The van der Waals surface area contributed by atoms with E-state index in [9.17, 15) is 37.4 Å². The lowest BCUT2D eigenvalue weighted by Crippen LogP contribution is -2.59. The van der Waals surface area contributed by atoms with Crippen LogP contribution in [0, 0.1) is 22.7 Å². The molecule has 0 aromatic heterocycles. The molecule has 2 atom stereocenters. The van der Waals surface area contributed by atoms with Gasteiger partial charge in [-0.1, -0.05) is 47.6 Å². The highest BCUT2D eigenvalue weighted by molar-refractivity contribution is 7.46. The van der Waals surface area contributed by atoms with E-state index < -0.39 is 49.1 Å². The summed E-state index contributed by atoms with van der Waals surface area (Å²) in [5.41, 5.74) is -2.04. The monoisotopic (exact) mass is 607 g/mol. The first kappa shape index (κ1) is 33.7. The number of carbonyl (C=O) groups is 1. The molecule has 2 aliphatic carbocycles. The van der Waals surface area contributed by atoms with E-state index in [-0.39, 0.29) is 48.5 Å². The van der Waals surface area contributed by atoms with Crippen LogP contribution in [0.5, 0.6) is 5.75 Å². The van der Waals surface area contributed by atoms with Crippen molar-refractivity contribution < 1.29 is 46.7 Å². The third kappa shape index (κ3) is 9.09. The maximum Gasteiger partial charge on any atom is 0.469 e. The zero-order valence-corrected chi connectivity index (χ0v) is 25.7. The molecule has 1 aromatic carbocycles. The van der Waals surface area contributed by atoms with Crippen LogP contribution in [0.3, 0.4) is 0 Å². The Morgan fingerprint density at radius 1 is 1.00 bits per heavy atom. The molecule has 2 aliphatic rings. The zero-order valence-electron chi connectivity index (χ0n) is 24.8. The topological polar surface area (TPSA) is 125 Å². The number of nitrogens with one attached hydrogen (secondary N) is 1. The van der Waals surface area contributed by atoms with Crippen molar-refractivity contribution in [3.63, 3.8) is 0 Å². The lowest BCUT2D eigenvalue weighted by Gasteiger charge is -2.46. The van der Waals surface area contributed by atoms with Crippen molar-refractivity contribution >= 4 is 13.9 Å². The zero-order chi connectivity index (χ0) is 31.0. The van der Waals surface area contributed by atoms with Crippen molar-refractivity contribution in [3.8, 4) is 5.75 Å². The van der Waals surface area contributed by atoms with E-state index in [2.05, 4.69) is 26.1 Å². The maximum atomic E-state index is 14.5. The summed E-state index contributed by atoms with van der Waals surface area (Å²) >= 11 is 0. The Morgan fingerprint density at radius 3 is 2.10 bits per heavy atom. The first-order valence-electron chi connectivity index (χ1n) is 14.2. The number of hydrogen-bond acceptors (Lipinski definition) is 4. The van der Waals surface area contributed by atoms with E-state index >= 15 is 0 Å². The number of ether oxygens (including phenoxy) is 1. The Morgan fingerprint density at radius 2 is 1.61 bits per heavy atom. The fraction of sp³-hybridized carbons (Fsp3) is 0.759. The molecule has 1 amide bonds. The van der Waals surface area contributed by atoms with Crippen molar-refractivity contribution in [1.29, 1.82) is 0 Å². The third-order valence-electron chi connectivity index (χ3n) is 8.53. The summed E-state index contributed by atoms with van der Waals surface area (Å²) in [5, 5.41) is 12.1. The Balaban J connectivity index is 1.94. The van der Waals surface area contributed by atoms with Crippen LogP contribution in [0.1, 0.15) is 96.8 Å². The molecule has 1 saturated carbocycles. The minimum Gasteiger partial charge on any atom is -0.490 e. The van der Waals surface area contributed by atoms with Crippen LogP contribution in [0.25, 0.3) is 0 Å². The Hall–Kier alpha value is -1.81. The van der Waals surface area contributed by atoms with Gasteiger partial charge in [0.25, 0.3) is 0 Å². The van der Waals surface area contributed by atoms with E-state index in [1.807, 2.05) is 20.8 Å². The number of amides is 1. The Kier molecular flexibility index (Phi) is 9.91. The van der Waals surface area contributed by atoms with Gasteiger partial charge in [-0.15, -0.1) is 0 Å². The summed E-state index contributed by atoms with van der Waals surface area (Å²) in [6.45, 7) is 11.5. The number of phosphoric acid groups is 1. The largest absolute Gasteiger partial charge is 0.490 e. The number of rotatable bonds is 8. The molecule has 4 N–H and O–H groups in total. The van der Waals surface area contributed by atoms with E-state index in [0.717, 1.165) is 12.8 Å². The number of hydrogen-bond donors (Lipinski definition) is 4. The van der Waals surface area contributed by atoms with E-state index in [0.29, 0.717) is 24.3 Å². The SMILES string of the molecule is CC(C)(C)C[C@@](COP(=O)(O)O)(NC(=O)O)[C@H]1CCc2c(ccc(OC3CCC(C(C)(C)C)CC3)c2C(F)(F)F)C1. The predicted molar refractivity (Wildman–Crippen MR) is 149 cm³/mol. The number of fused-ring (bicyclic) bond motifs is 1. The second-order valence-corrected chi connectivity index (χ2v) is 15.3.